The van der Waals surface area contributed by atoms with Crippen LogP contribution in [0.4, 0.5) is 19.1 Å². The van der Waals surface area contributed by atoms with Crippen LogP contribution >= 0.6 is 11.6 Å². The fourth-order valence-corrected chi connectivity index (χ4v) is 3.41. The molecule has 6 nitrogen and oxygen atoms in total. The summed E-state index contributed by atoms with van der Waals surface area (Å²) in [5.41, 5.74) is -0.177. The number of alkyl halides is 3. The van der Waals surface area contributed by atoms with Crippen molar-refractivity contribution in [2.75, 3.05) is 38.1 Å². The van der Waals surface area contributed by atoms with Crippen LogP contribution in [-0.2, 0) is 6.18 Å². The molecule has 1 aliphatic rings. The van der Waals surface area contributed by atoms with Crippen molar-refractivity contribution in [3.8, 4) is 0 Å². The zero-order valence-electron chi connectivity index (χ0n) is 14.2. The number of nitrogens with zero attached hydrogens (tertiary/aromatic N) is 6. The van der Waals surface area contributed by atoms with Gasteiger partial charge in [0.05, 0.1) is 16.1 Å². The molecule has 10 heteroatoms. The number of aromatic nitrogens is 4. The van der Waals surface area contributed by atoms with Crippen LogP contribution in [0.2, 0.25) is 5.02 Å². The molecule has 0 aliphatic carbocycles. The fourth-order valence-electron chi connectivity index (χ4n) is 3.15. The van der Waals surface area contributed by atoms with E-state index in [0.717, 1.165) is 32.2 Å². The summed E-state index contributed by atoms with van der Waals surface area (Å²) in [5, 5.41) is 4.25. The van der Waals surface area contributed by atoms with Gasteiger partial charge in [-0.25, -0.2) is 9.97 Å². The van der Waals surface area contributed by atoms with Crippen LogP contribution in [0, 0.1) is 6.92 Å². The lowest BCUT2D eigenvalue weighted by molar-refractivity contribution is -0.137. The molecule has 2 aromatic heterocycles. The van der Waals surface area contributed by atoms with Crippen LogP contribution in [0.1, 0.15) is 11.4 Å². The summed E-state index contributed by atoms with van der Waals surface area (Å²) in [6, 6.07) is 2.26. The first kappa shape index (κ1) is 17.3. The minimum Gasteiger partial charge on any atom is -0.338 e. The van der Waals surface area contributed by atoms with Crippen molar-refractivity contribution < 1.29 is 13.2 Å². The Balaban J connectivity index is 1.96. The predicted molar refractivity (Wildman–Crippen MR) is 92.7 cm³/mol. The summed E-state index contributed by atoms with van der Waals surface area (Å²) in [6.07, 6.45) is -4.55. The van der Waals surface area contributed by atoms with E-state index < -0.39 is 11.7 Å². The van der Waals surface area contributed by atoms with Gasteiger partial charge in [-0.05, 0) is 26.1 Å². The molecule has 4 rings (SSSR count). The van der Waals surface area contributed by atoms with Gasteiger partial charge in [-0.15, -0.1) is 5.10 Å². The lowest BCUT2D eigenvalue weighted by Crippen LogP contribution is -2.45. The van der Waals surface area contributed by atoms with Crippen LogP contribution in [0.5, 0.6) is 0 Å². The normalized spacial score (nSPS) is 16.8. The van der Waals surface area contributed by atoms with E-state index in [-0.39, 0.29) is 10.4 Å². The maximum Gasteiger partial charge on any atom is 0.417 e. The molecule has 3 aromatic rings. The summed E-state index contributed by atoms with van der Waals surface area (Å²) in [7, 11) is 2.04. The van der Waals surface area contributed by atoms with Gasteiger partial charge in [-0.3, -0.25) is 0 Å². The lowest BCUT2D eigenvalue weighted by atomic mass is 10.1. The number of anilines is 1. The molecular formula is C16H16ClF3N6. The fraction of sp³-hybridized carbons (Fsp3) is 0.438. The highest BCUT2D eigenvalue weighted by Gasteiger charge is 2.34. The van der Waals surface area contributed by atoms with Gasteiger partial charge in [0.1, 0.15) is 5.82 Å². The summed E-state index contributed by atoms with van der Waals surface area (Å²) >= 11 is 5.88. The van der Waals surface area contributed by atoms with Crippen molar-refractivity contribution in [1.29, 1.82) is 0 Å². The highest BCUT2D eigenvalue weighted by Crippen LogP contribution is 2.38. The Hall–Kier alpha value is -2.13. The third kappa shape index (κ3) is 2.84. The first-order valence-corrected chi connectivity index (χ1v) is 8.49. The van der Waals surface area contributed by atoms with E-state index in [2.05, 4.69) is 24.9 Å². The Morgan fingerprint density at radius 2 is 1.77 bits per heavy atom. The second kappa shape index (κ2) is 5.95. The van der Waals surface area contributed by atoms with Crippen LogP contribution in [0.15, 0.2) is 12.1 Å². The van der Waals surface area contributed by atoms with Gasteiger partial charge in [0, 0.05) is 31.6 Å². The van der Waals surface area contributed by atoms with E-state index in [0.29, 0.717) is 22.9 Å². The van der Waals surface area contributed by atoms with E-state index in [1.165, 1.54) is 10.6 Å². The van der Waals surface area contributed by atoms with Crippen molar-refractivity contribution in [2.45, 2.75) is 13.1 Å². The molecule has 0 spiro atoms. The molecule has 1 aromatic carbocycles. The van der Waals surface area contributed by atoms with Gasteiger partial charge < -0.3 is 9.80 Å². The molecule has 0 saturated carbocycles. The molecule has 1 aliphatic heterocycles. The number of hydrogen-bond acceptors (Lipinski definition) is 5. The maximum absolute atomic E-state index is 13.2. The number of hydrogen-bond donors (Lipinski definition) is 0. The van der Waals surface area contributed by atoms with Gasteiger partial charge in [-0.2, -0.15) is 17.7 Å². The Kier molecular flexibility index (Phi) is 3.96. The topological polar surface area (TPSA) is 49.6 Å². The molecule has 26 heavy (non-hydrogen) atoms. The molecule has 3 heterocycles. The highest BCUT2D eigenvalue weighted by atomic mass is 35.5. The van der Waals surface area contributed by atoms with Crippen LogP contribution in [0.3, 0.4) is 0 Å². The Morgan fingerprint density at radius 3 is 2.42 bits per heavy atom. The third-order valence-corrected chi connectivity index (χ3v) is 4.85. The van der Waals surface area contributed by atoms with Gasteiger partial charge in [-0.1, -0.05) is 11.6 Å². The van der Waals surface area contributed by atoms with Crippen LogP contribution < -0.4 is 4.90 Å². The number of piperazine rings is 1. The van der Waals surface area contributed by atoms with E-state index in [1.807, 2.05) is 7.05 Å². The smallest absolute Gasteiger partial charge is 0.338 e. The largest absolute Gasteiger partial charge is 0.417 e. The SMILES string of the molecule is Cc1nc2c3cc(C(F)(F)F)c(Cl)cc3nc(N3CCN(C)CC3)n2n1. The predicted octanol–water partition coefficient (Wildman–Crippen LogP) is 3.01. The van der Waals surface area contributed by atoms with Crippen molar-refractivity contribution in [3.63, 3.8) is 0 Å². The molecule has 0 bridgehead atoms. The molecule has 0 radical (unpaired) electrons. The Bertz CT molecular complexity index is 991. The average Bonchev–Trinajstić information content (AvgIpc) is 2.95. The van der Waals surface area contributed by atoms with Crippen molar-refractivity contribution in [2.24, 2.45) is 0 Å². The summed E-state index contributed by atoms with van der Waals surface area (Å²) in [6.45, 7) is 4.92. The Morgan fingerprint density at radius 1 is 1.08 bits per heavy atom. The number of aryl methyl sites for hydroxylation is 1. The van der Waals surface area contributed by atoms with Crippen molar-refractivity contribution >= 4 is 34.1 Å². The monoisotopic (exact) mass is 384 g/mol. The minimum absolute atomic E-state index is 0.278. The maximum atomic E-state index is 13.2. The zero-order valence-corrected chi connectivity index (χ0v) is 14.9. The third-order valence-electron chi connectivity index (χ3n) is 4.54. The standard InChI is InChI=1S/C16H16ClF3N6/c1-9-21-14-10-7-11(16(18,19)20)12(17)8-13(10)22-15(26(14)23-9)25-5-3-24(2)4-6-25/h7-8H,3-6H2,1-2H3. The molecular weight excluding hydrogens is 369 g/mol. The first-order chi connectivity index (χ1) is 12.2. The molecule has 138 valence electrons. The average molecular weight is 385 g/mol. The van der Waals surface area contributed by atoms with Crippen LogP contribution in [-0.4, -0.2) is 57.7 Å². The summed E-state index contributed by atoms with van der Waals surface area (Å²) < 4.78 is 41.2. The molecule has 1 saturated heterocycles. The number of rotatable bonds is 1. The van der Waals surface area contributed by atoms with E-state index >= 15 is 0 Å². The Labute approximate surface area is 152 Å². The van der Waals surface area contributed by atoms with E-state index in [4.69, 9.17) is 11.6 Å². The summed E-state index contributed by atoms with van der Waals surface area (Å²) in [4.78, 5) is 13.2. The van der Waals surface area contributed by atoms with Gasteiger partial charge in [0.25, 0.3) is 0 Å². The minimum atomic E-state index is -4.55. The van der Waals surface area contributed by atoms with Crippen molar-refractivity contribution in [3.05, 3.63) is 28.5 Å². The van der Waals surface area contributed by atoms with Crippen molar-refractivity contribution in [1.82, 2.24) is 24.5 Å². The van der Waals surface area contributed by atoms with E-state index in [1.54, 1.807) is 6.92 Å². The number of benzene rings is 1. The van der Waals surface area contributed by atoms with Gasteiger partial charge in [0.2, 0.25) is 5.95 Å². The quantitative estimate of drug-likeness (QED) is 0.645. The van der Waals surface area contributed by atoms with Gasteiger partial charge in [0.15, 0.2) is 5.65 Å². The lowest BCUT2D eigenvalue weighted by Gasteiger charge is -2.33. The number of likely N-dealkylation sites (N-methyl/N-ethyl adjacent to an activating group) is 1. The first-order valence-electron chi connectivity index (χ1n) is 8.11. The molecule has 1 fully saturated rings. The van der Waals surface area contributed by atoms with Crippen LogP contribution in [0.25, 0.3) is 16.6 Å². The summed E-state index contributed by atoms with van der Waals surface area (Å²) in [5.74, 6) is 1.04. The van der Waals surface area contributed by atoms with Gasteiger partial charge >= 0.3 is 6.18 Å². The zero-order chi connectivity index (χ0) is 18.6. The number of halogens is 4. The highest BCUT2D eigenvalue weighted by molar-refractivity contribution is 6.32. The van der Waals surface area contributed by atoms with E-state index in [9.17, 15) is 13.2 Å². The molecule has 0 unspecified atom stereocenters. The second-order valence-corrected chi connectivity index (χ2v) is 6.85. The number of fused-ring (bicyclic) bond motifs is 3. The molecule has 0 N–H and O–H groups in total. The second-order valence-electron chi connectivity index (χ2n) is 6.44. The molecule has 0 atom stereocenters. The molecule has 0 amide bonds.